The van der Waals surface area contributed by atoms with Gasteiger partial charge in [0.1, 0.15) is 0 Å². The second kappa shape index (κ2) is 7.84. The summed E-state index contributed by atoms with van der Waals surface area (Å²) in [6, 6.07) is 0.637. The Bertz CT molecular complexity index is 340. The molecule has 0 aliphatic carbocycles. The van der Waals surface area contributed by atoms with Gasteiger partial charge in [-0.2, -0.15) is 0 Å². The number of carbonyl (C=O) groups is 1. The van der Waals surface area contributed by atoms with Crippen LogP contribution in [0.2, 0.25) is 0 Å². The maximum atomic E-state index is 12.4. The molecule has 0 bridgehead atoms. The van der Waals surface area contributed by atoms with E-state index in [0.717, 1.165) is 26.2 Å². The molecule has 0 spiro atoms. The molecule has 0 radical (unpaired) electrons. The third kappa shape index (κ3) is 4.36. The van der Waals surface area contributed by atoms with Gasteiger partial charge in [-0.05, 0) is 58.3 Å². The molecule has 5 heteroatoms. The number of hydrogen-bond donors (Lipinski definition) is 1. The van der Waals surface area contributed by atoms with Crippen molar-refractivity contribution in [2.45, 2.75) is 49.8 Å². The summed E-state index contributed by atoms with van der Waals surface area (Å²) in [5.74, 6) is 1.07. The van der Waals surface area contributed by atoms with Crippen LogP contribution in [0, 0.1) is 0 Å². The van der Waals surface area contributed by atoms with Crippen LogP contribution in [-0.2, 0) is 4.79 Å². The predicted octanol–water partition coefficient (Wildman–Crippen LogP) is 1.56. The molecule has 3 fully saturated rings. The van der Waals surface area contributed by atoms with Gasteiger partial charge in [-0.1, -0.05) is 6.42 Å². The standard InChI is InChI=1S/C16H29N3OS/c20-16(13-21-15-4-7-17-8-5-15)19-11-6-14(12-19)18-9-2-1-3-10-18/h14-15,17H,1-13H2. The first-order chi connectivity index (χ1) is 10.3. The molecule has 0 saturated carbocycles. The third-order valence-corrected chi connectivity index (χ3v) is 6.51. The van der Waals surface area contributed by atoms with Gasteiger partial charge in [-0.3, -0.25) is 9.69 Å². The van der Waals surface area contributed by atoms with Crippen LogP contribution in [0.5, 0.6) is 0 Å². The van der Waals surface area contributed by atoms with Gasteiger partial charge in [0.2, 0.25) is 5.91 Å². The molecular weight excluding hydrogens is 282 g/mol. The fourth-order valence-corrected chi connectivity index (χ4v) is 4.92. The van der Waals surface area contributed by atoms with Gasteiger partial charge in [-0.25, -0.2) is 0 Å². The normalized spacial score (nSPS) is 29.0. The third-order valence-electron chi connectivity index (χ3n) is 5.15. The van der Waals surface area contributed by atoms with Crippen LogP contribution in [0.4, 0.5) is 0 Å². The van der Waals surface area contributed by atoms with Crippen molar-refractivity contribution in [2.24, 2.45) is 0 Å². The van der Waals surface area contributed by atoms with Crippen LogP contribution in [0.15, 0.2) is 0 Å². The summed E-state index contributed by atoms with van der Waals surface area (Å²) in [6.07, 6.45) is 7.69. The Morgan fingerprint density at radius 3 is 2.57 bits per heavy atom. The molecule has 21 heavy (non-hydrogen) atoms. The van der Waals surface area contributed by atoms with Crippen molar-refractivity contribution in [1.29, 1.82) is 0 Å². The molecule has 0 aromatic rings. The van der Waals surface area contributed by atoms with Crippen LogP contribution in [0.3, 0.4) is 0 Å². The summed E-state index contributed by atoms with van der Waals surface area (Å²) in [6.45, 7) is 6.69. The minimum Gasteiger partial charge on any atom is -0.340 e. The monoisotopic (exact) mass is 311 g/mol. The van der Waals surface area contributed by atoms with Gasteiger partial charge in [0.05, 0.1) is 5.75 Å². The molecule has 3 aliphatic rings. The van der Waals surface area contributed by atoms with Crippen LogP contribution in [0.1, 0.15) is 38.5 Å². The van der Waals surface area contributed by atoms with Crippen molar-refractivity contribution < 1.29 is 4.79 Å². The quantitative estimate of drug-likeness (QED) is 0.855. The van der Waals surface area contributed by atoms with E-state index in [9.17, 15) is 4.79 Å². The summed E-state index contributed by atoms with van der Waals surface area (Å²) in [4.78, 5) is 17.1. The maximum Gasteiger partial charge on any atom is 0.232 e. The Hall–Kier alpha value is -0.260. The fraction of sp³-hybridized carbons (Fsp3) is 0.938. The summed E-state index contributed by atoms with van der Waals surface area (Å²) in [5, 5.41) is 4.08. The average Bonchev–Trinajstić information content (AvgIpc) is 3.04. The molecule has 3 rings (SSSR count). The Balaban J connectivity index is 1.39. The number of nitrogens with one attached hydrogen (secondary N) is 1. The second-order valence-electron chi connectivity index (χ2n) is 6.64. The van der Waals surface area contributed by atoms with Crippen molar-refractivity contribution in [3.63, 3.8) is 0 Å². The van der Waals surface area contributed by atoms with E-state index >= 15 is 0 Å². The number of thioether (sulfide) groups is 1. The molecule has 120 valence electrons. The smallest absolute Gasteiger partial charge is 0.232 e. The van der Waals surface area contributed by atoms with Crippen molar-refractivity contribution in [2.75, 3.05) is 45.0 Å². The highest BCUT2D eigenvalue weighted by Gasteiger charge is 2.31. The fourth-order valence-electron chi connectivity index (χ4n) is 3.79. The van der Waals surface area contributed by atoms with E-state index in [-0.39, 0.29) is 0 Å². The molecule has 1 unspecified atom stereocenters. The Labute approximate surface area is 133 Å². The molecule has 1 N–H and O–H groups in total. The zero-order valence-electron chi connectivity index (χ0n) is 13.1. The van der Waals surface area contributed by atoms with Crippen LogP contribution < -0.4 is 5.32 Å². The molecule has 0 aromatic heterocycles. The number of nitrogens with zero attached hydrogens (tertiary/aromatic N) is 2. The molecule has 1 amide bonds. The van der Waals surface area contributed by atoms with Crippen LogP contribution in [-0.4, -0.2) is 72.0 Å². The maximum absolute atomic E-state index is 12.4. The highest BCUT2D eigenvalue weighted by Crippen LogP contribution is 2.23. The van der Waals surface area contributed by atoms with E-state index < -0.39 is 0 Å². The number of hydrogen-bond acceptors (Lipinski definition) is 4. The number of carbonyl (C=O) groups excluding carboxylic acids is 1. The minimum atomic E-state index is 0.373. The van der Waals surface area contributed by atoms with Crippen molar-refractivity contribution in [3.05, 3.63) is 0 Å². The second-order valence-corrected chi connectivity index (χ2v) is 7.93. The van der Waals surface area contributed by atoms with E-state index in [2.05, 4.69) is 15.1 Å². The highest BCUT2D eigenvalue weighted by molar-refractivity contribution is 8.00. The molecule has 3 heterocycles. The SMILES string of the molecule is O=C(CSC1CCNCC1)N1CCC(N2CCCCC2)C1. The summed E-state index contributed by atoms with van der Waals surface area (Å²) >= 11 is 1.88. The van der Waals surface area contributed by atoms with E-state index in [0.29, 0.717) is 23.0 Å². The lowest BCUT2D eigenvalue weighted by Crippen LogP contribution is -2.42. The van der Waals surface area contributed by atoms with Crippen LogP contribution in [0.25, 0.3) is 0 Å². The van der Waals surface area contributed by atoms with E-state index in [1.807, 2.05) is 11.8 Å². The van der Waals surface area contributed by atoms with E-state index in [1.165, 1.54) is 51.6 Å². The summed E-state index contributed by atoms with van der Waals surface area (Å²) in [7, 11) is 0. The first kappa shape index (κ1) is 15.6. The number of piperidine rings is 2. The molecule has 3 saturated heterocycles. The number of likely N-dealkylation sites (tertiary alicyclic amines) is 2. The lowest BCUT2D eigenvalue weighted by atomic mass is 10.1. The zero-order chi connectivity index (χ0) is 14.5. The predicted molar refractivity (Wildman–Crippen MR) is 88.8 cm³/mol. The molecule has 0 aromatic carbocycles. The van der Waals surface area contributed by atoms with E-state index in [4.69, 9.17) is 0 Å². The molecular formula is C16H29N3OS. The average molecular weight is 311 g/mol. The Morgan fingerprint density at radius 1 is 1.05 bits per heavy atom. The lowest BCUT2D eigenvalue weighted by molar-refractivity contribution is -0.127. The van der Waals surface area contributed by atoms with Gasteiger partial charge >= 0.3 is 0 Å². The first-order valence-electron chi connectivity index (χ1n) is 8.67. The van der Waals surface area contributed by atoms with Crippen molar-refractivity contribution in [3.8, 4) is 0 Å². The number of amides is 1. The van der Waals surface area contributed by atoms with Crippen molar-refractivity contribution in [1.82, 2.24) is 15.1 Å². The first-order valence-corrected chi connectivity index (χ1v) is 9.72. The van der Waals surface area contributed by atoms with Gasteiger partial charge in [-0.15, -0.1) is 11.8 Å². The molecule has 1 atom stereocenters. The number of rotatable bonds is 4. The molecule has 3 aliphatic heterocycles. The van der Waals surface area contributed by atoms with Gasteiger partial charge in [0, 0.05) is 24.4 Å². The van der Waals surface area contributed by atoms with Crippen LogP contribution >= 0.6 is 11.8 Å². The van der Waals surface area contributed by atoms with Gasteiger partial charge < -0.3 is 10.2 Å². The van der Waals surface area contributed by atoms with Gasteiger partial charge in [0.15, 0.2) is 0 Å². The van der Waals surface area contributed by atoms with E-state index in [1.54, 1.807) is 0 Å². The summed E-state index contributed by atoms with van der Waals surface area (Å²) < 4.78 is 0. The largest absolute Gasteiger partial charge is 0.340 e. The van der Waals surface area contributed by atoms with Crippen molar-refractivity contribution >= 4 is 17.7 Å². The highest BCUT2D eigenvalue weighted by atomic mass is 32.2. The minimum absolute atomic E-state index is 0.373. The van der Waals surface area contributed by atoms with Gasteiger partial charge in [0.25, 0.3) is 0 Å². The Kier molecular flexibility index (Phi) is 5.83. The Morgan fingerprint density at radius 2 is 1.81 bits per heavy atom. The zero-order valence-corrected chi connectivity index (χ0v) is 13.9. The summed E-state index contributed by atoms with van der Waals surface area (Å²) in [5.41, 5.74) is 0. The molecule has 4 nitrogen and oxygen atoms in total. The topological polar surface area (TPSA) is 35.6 Å². The lowest BCUT2D eigenvalue weighted by Gasteiger charge is -2.32.